The molecular weight excluding hydrogens is 238 g/mol. The lowest BCUT2D eigenvalue weighted by Gasteiger charge is -2.30. The van der Waals surface area contributed by atoms with Crippen LogP contribution in [0.15, 0.2) is 18.2 Å². The minimum atomic E-state index is -0.0428. The number of phenols is 1. The third-order valence-corrected chi connectivity index (χ3v) is 3.60. The number of halogens is 1. The van der Waals surface area contributed by atoms with E-state index in [1.54, 1.807) is 18.0 Å². The molecular formula is C13H16ClNO2. The molecule has 1 N–H and O–H groups in total. The van der Waals surface area contributed by atoms with Gasteiger partial charge in [0.25, 0.3) is 5.91 Å². The second-order valence-corrected chi connectivity index (χ2v) is 5.06. The van der Waals surface area contributed by atoms with Crippen molar-refractivity contribution in [1.82, 2.24) is 4.90 Å². The largest absolute Gasteiger partial charge is 0.506 e. The summed E-state index contributed by atoms with van der Waals surface area (Å²) in [6.45, 7) is 0.803. The number of nitrogens with zero attached hydrogens (tertiary/aromatic N) is 1. The maximum absolute atomic E-state index is 12.1. The molecule has 1 aromatic rings. The predicted octanol–water partition coefficient (Wildman–Crippen LogP) is 2.92. The lowest BCUT2D eigenvalue weighted by Crippen LogP contribution is -2.34. The average Bonchev–Trinajstić information content (AvgIpc) is 2.26. The lowest BCUT2D eigenvalue weighted by atomic mass is 9.85. The minimum Gasteiger partial charge on any atom is -0.506 e. The summed E-state index contributed by atoms with van der Waals surface area (Å²) in [5.74, 6) is 0.611. The number of hydrogen-bond donors (Lipinski definition) is 1. The predicted molar refractivity (Wildman–Crippen MR) is 67.4 cm³/mol. The van der Waals surface area contributed by atoms with Crippen LogP contribution in [0.5, 0.6) is 5.75 Å². The highest BCUT2D eigenvalue weighted by molar-refractivity contribution is 6.32. The van der Waals surface area contributed by atoms with Crippen molar-refractivity contribution in [2.45, 2.75) is 19.3 Å². The molecule has 4 heteroatoms. The van der Waals surface area contributed by atoms with Crippen molar-refractivity contribution in [3.05, 3.63) is 28.8 Å². The third kappa shape index (κ3) is 2.72. The van der Waals surface area contributed by atoms with E-state index in [0.717, 1.165) is 6.54 Å². The molecule has 17 heavy (non-hydrogen) atoms. The number of aromatic hydroxyl groups is 1. The molecule has 1 aliphatic rings. The van der Waals surface area contributed by atoms with E-state index in [9.17, 15) is 9.90 Å². The van der Waals surface area contributed by atoms with E-state index < -0.39 is 0 Å². The van der Waals surface area contributed by atoms with Crippen molar-refractivity contribution in [2.75, 3.05) is 13.6 Å². The van der Waals surface area contributed by atoms with Gasteiger partial charge in [-0.1, -0.05) is 18.0 Å². The maximum Gasteiger partial charge on any atom is 0.253 e. The number of amides is 1. The van der Waals surface area contributed by atoms with Gasteiger partial charge >= 0.3 is 0 Å². The first-order valence-corrected chi connectivity index (χ1v) is 6.19. The van der Waals surface area contributed by atoms with Crippen molar-refractivity contribution in [3.8, 4) is 5.75 Å². The van der Waals surface area contributed by atoms with Crippen LogP contribution < -0.4 is 0 Å². The van der Waals surface area contributed by atoms with Crippen LogP contribution in [-0.4, -0.2) is 29.5 Å². The smallest absolute Gasteiger partial charge is 0.253 e. The van der Waals surface area contributed by atoms with E-state index >= 15 is 0 Å². The Labute approximate surface area is 106 Å². The second-order valence-electron chi connectivity index (χ2n) is 4.65. The van der Waals surface area contributed by atoms with Crippen molar-refractivity contribution in [2.24, 2.45) is 5.92 Å². The van der Waals surface area contributed by atoms with Gasteiger partial charge in [0.15, 0.2) is 0 Å². The molecule has 0 heterocycles. The molecule has 0 aliphatic heterocycles. The van der Waals surface area contributed by atoms with E-state index in [1.807, 2.05) is 0 Å². The van der Waals surface area contributed by atoms with E-state index in [-0.39, 0.29) is 16.7 Å². The zero-order valence-electron chi connectivity index (χ0n) is 9.82. The topological polar surface area (TPSA) is 40.5 Å². The highest BCUT2D eigenvalue weighted by Crippen LogP contribution is 2.28. The van der Waals surface area contributed by atoms with Crippen LogP contribution in [0.4, 0.5) is 0 Å². The highest BCUT2D eigenvalue weighted by atomic mass is 35.5. The van der Waals surface area contributed by atoms with Crippen LogP contribution in [0.1, 0.15) is 29.6 Å². The van der Waals surface area contributed by atoms with Gasteiger partial charge in [0.1, 0.15) is 5.75 Å². The maximum atomic E-state index is 12.1. The highest BCUT2D eigenvalue weighted by Gasteiger charge is 2.22. The second kappa shape index (κ2) is 4.96. The molecule has 1 aromatic carbocycles. The lowest BCUT2D eigenvalue weighted by molar-refractivity contribution is 0.0745. The molecule has 92 valence electrons. The average molecular weight is 254 g/mol. The van der Waals surface area contributed by atoms with Crippen LogP contribution in [-0.2, 0) is 0 Å². The SMILES string of the molecule is CN(CC1CCC1)C(=O)c1ccc(O)c(Cl)c1. The summed E-state index contributed by atoms with van der Waals surface area (Å²) in [5, 5.41) is 9.52. The molecule has 0 atom stereocenters. The zero-order chi connectivity index (χ0) is 12.4. The van der Waals surface area contributed by atoms with E-state index in [4.69, 9.17) is 11.6 Å². The molecule has 0 saturated heterocycles. The van der Waals surface area contributed by atoms with Crippen LogP contribution in [0, 0.1) is 5.92 Å². The fourth-order valence-electron chi connectivity index (χ4n) is 2.01. The van der Waals surface area contributed by atoms with Gasteiger partial charge in [0, 0.05) is 19.2 Å². The number of rotatable bonds is 3. The molecule has 2 rings (SSSR count). The first-order valence-electron chi connectivity index (χ1n) is 5.82. The monoisotopic (exact) mass is 253 g/mol. The molecule has 1 amide bonds. The molecule has 1 saturated carbocycles. The van der Waals surface area contributed by atoms with Gasteiger partial charge in [0.05, 0.1) is 5.02 Å². The van der Waals surface area contributed by atoms with Gasteiger partial charge in [-0.2, -0.15) is 0 Å². The van der Waals surface area contributed by atoms with E-state index in [2.05, 4.69) is 0 Å². The van der Waals surface area contributed by atoms with Crippen molar-refractivity contribution in [3.63, 3.8) is 0 Å². The number of carbonyl (C=O) groups excluding carboxylic acids is 1. The van der Waals surface area contributed by atoms with E-state index in [1.165, 1.54) is 31.4 Å². The van der Waals surface area contributed by atoms with Gasteiger partial charge < -0.3 is 10.0 Å². The number of hydrogen-bond acceptors (Lipinski definition) is 2. The Hall–Kier alpha value is -1.22. The van der Waals surface area contributed by atoms with Gasteiger partial charge in [-0.25, -0.2) is 0 Å². The van der Waals surface area contributed by atoms with Crippen LogP contribution in [0.25, 0.3) is 0 Å². The zero-order valence-corrected chi connectivity index (χ0v) is 10.6. The Morgan fingerprint density at radius 1 is 1.53 bits per heavy atom. The van der Waals surface area contributed by atoms with Crippen LogP contribution in [0.3, 0.4) is 0 Å². The van der Waals surface area contributed by atoms with Crippen molar-refractivity contribution in [1.29, 1.82) is 0 Å². The molecule has 1 fully saturated rings. The summed E-state index contributed by atoms with van der Waals surface area (Å²) in [6, 6.07) is 4.56. The van der Waals surface area contributed by atoms with Crippen molar-refractivity contribution >= 4 is 17.5 Å². The fraction of sp³-hybridized carbons (Fsp3) is 0.462. The Kier molecular flexibility index (Phi) is 3.57. The molecule has 0 radical (unpaired) electrons. The number of benzene rings is 1. The van der Waals surface area contributed by atoms with E-state index in [0.29, 0.717) is 11.5 Å². The van der Waals surface area contributed by atoms with Gasteiger partial charge in [-0.15, -0.1) is 0 Å². The summed E-state index contributed by atoms with van der Waals surface area (Å²) in [5.41, 5.74) is 0.523. The molecule has 0 bridgehead atoms. The fourth-order valence-corrected chi connectivity index (χ4v) is 2.19. The summed E-state index contributed by atoms with van der Waals surface area (Å²) >= 11 is 5.79. The normalized spacial score (nSPS) is 15.4. The Bertz CT molecular complexity index is 429. The summed E-state index contributed by atoms with van der Waals surface area (Å²) in [7, 11) is 1.81. The van der Waals surface area contributed by atoms with Gasteiger partial charge in [0.2, 0.25) is 0 Å². The Balaban J connectivity index is 2.04. The molecule has 1 aliphatic carbocycles. The quantitative estimate of drug-likeness (QED) is 0.900. The van der Waals surface area contributed by atoms with Gasteiger partial charge in [-0.05, 0) is 37.0 Å². The number of phenolic OH excluding ortho intramolecular Hbond substituents is 1. The summed E-state index contributed by atoms with van der Waals surface area (Å²) in [6.07, 6.45) is 3.71. The first kappa shape index (κ1) is 12.2. The molecule has 0 aromatic heterocycles. The Morgan fingerprint density at radius 2 is 2.24 bits per heavy atom. The number of carbonyl (C=O) groups is 1. The third-order valence-electron chi connectivity index (χ3n) is 3.30. The summed E-state index contributed by atoms with van der Waals surface area (Å²) < 4.78 is 0. The standard InChI is InChI=1S/C13H16ClNO2/c1-15(8-9-3-2-4-9)13(17)10-5-6-12(16)11(14)7-10/h5-7,9,16H,2-4,8H2,1H3. The van der Waals surface area contributed by atoms with Crippen LogP contribution >= 0.6 is 11.6 Å². The summed E-state index contributed by atoms with van der Waals surface area (Å²) in [4.78, 5) is 13.8. The van der Waals surface area contributed by atoms with Gasteiger partial charge in [-0.3, -0.25) is 4.79 Å². The van der Waals surface area contributed by atoms with Crippen LogP contribution in [0.2, 0.25) is 5.02 Å². The molecule has 0 unspecified atom stereocenters. The minimum absolute atomic E-state index is 0.00450. The van der Waals surface area contributed by atoms with Crippen molar-refractivity contribution < 1.29 is 9.90 Å². The molecule has 3 nitrogen and oxygen atoms in total. The molecule has 0 spiro atoms. The Morgan fingerprint density at radius 3 is 2.76 bits per heavy atom. The first-order chi connectivity index (χ1) is 8.08.